The summed E-state index contributed by atoms with van der Waals surface area (Å²) in [6, 6.07) is 5.87. The first-order chi connectivity index (χ1) is 13.8. The molecule has 1 fully saturated rings. The number of aliphatic hydroxyl groups excluding tert-OH is 1. The first-order valence-electron chi connectivity index (χ1n) is 10.2. The van der Waals surface area contributed by atoms with E-state index < -0.39 is 11.9 Å². The number of carbonyl (C=O) groups is 2. The number of fused-ring (bicyclic) bond motifs is 1. The van der Waals surface area contributed by atoms with E-state index in [1.165, 1.54) is 5.57 Å². The van der Waals surface area contributed by atoms with Crippen LogP contribution in [0.1, 0.15) is 32.3 Å². The lowest BCUT2D eigenvalue weighted by Crippen LogP contribution is -2.34. The van der Waals surface area contributed by atoms with Gasteiger partial charge in [0, 0.05) is 12.3 Å². The lowest BCUT2D eigenvalue weighted by Gasteiger charge is -2.40. The summed E-state index contributed by atoms with van der Waals surface area (Å²) >= 11 is 0. The summed E-state index contributed by atoms with van der Waals surface area (Å²) in [5.74, 6) is -0.378. The normalized spacial score (nSPS) is 33.2. The van der Waals surface area contributed by atoms with Crippen molar-refractivity contribution in [2.24, 2.45) is 23.7 Å². The Labute approximate surface area is 170 Å². The van der Waals surface area contributed by atoms with Crippen molar-refractivity contribution in [1.82, 2.24) is 5.32 Å². The van der Waals surface area contributed by atoms with Gasteiger partial charge in [0.25, 0.3) is 5.91 Å². The molecule has 1 amide bonds. The predicted octanol–water partition coefficient (Wildman–Crippen LogP) is 3.61. The molecule has 0 unspecified atom stereocenters. The molecule has 29 heavy (non-hydrogen) atoms. The number of carbonyl (C=O) groups excluding carboxylic acids is 2. The van der Waals surface area contributed by atoms with E-state index in [1.54, 1.807) is 24.3 Å². The molecular formula is C24H27NO4. The second kappa shape index (κ2) is 7.54. The molecule has 3 aliphatic rings. The van der Waals surface area contributed by atoms with Crippen LogP contribution in [0.25, 0.3) is 0 Å². The number of hydrogen-bond acceptors (Lipinski definition) is 4. The van der Waals surface area contributed by atoms with E-state index >= 15 is 0 Å². The van der Waals surface area contributed by atoms with Crippen molar-refractivity contribution in [3.63, 3.8) is 0 Å². The van der Waals surface area contributed by atoms with Gasteiger partial charge in [-0.15, -0.1) is 0 Å². The highest BCUT2D eigenvalue weighted by Gasteiger charge is 2.44. The Morgan fingerprint density at radius 1 is 1.17 bits per heavy atom. The highest BCUT2D eigenvalue weighted by Crippen LogP contribution is 2.45. The fourth-order valence-corrected chi connectivity index (χ4v) is 5.02. The number of benzene rings is 1. The average molecular weight is 393 g/mol. The number of phenolic OH excluding ortho intramolecular Hbond substituents is 1. The Balaban J connectivity index is 1.61. The minimum absolute atomic E-state index is 0.0551. The van der Waals surface area contributed by atoms with Crippen LogP contribution in [-0.2, 0) is 16.0 Å². The van der Waals surface area contributed by atoms with Crippen LogP contribution in [0.15, 0.2) is 59.4 Å². The smallest absolute Gasteiger partial charge is 0.259 e. The summed E-state index contributed by atoms with van der Waals surface area (Å²) in [5, 5.41) is 23.3. The maximum atomic E-state index is 13.0. The Hall–Kier alpha value is -2.82. The van der Waals surface area contributed by atoms with Crippen LogP contribution in [0.5, 0.6) is 5.75 Å². The first kappa shape index (κ1) is 19.5. The Morgan fingerprint density at radius 2 is 1.90 bits per heavy atom. The second-order valence-corrected chi connectivity index (χ2v) is 8.61. The molecule has 0 aromatic heterocycles. The molecule has 0 saturated carbocycles. The van der Waals surface area contributed by atoms with Crippen molar-refractivity contribution >= 4 is 11.7 Å². The zero-order valence-corrected chi connectivity index (χ0v) is 16.8. The first-order valence-corrected chi connectivity index (χ1v) is 10.2. The van der Waals surface area contributed by atoms with Gasteiger partial charge < -0.3 is 15.5 Å². The van der Waals surface area contributed by atoms with Gasteiger partial charge >= 0.3 is 0 Å². The van der Waals surface area contributed by atoms with Crippen molar-refractivity contribution in [3.05, 3.63) is 65.0 Å². The average Bonchev–Trinajstić information content (AvgIpc) is 2.96. The topological polar surface area (TPSA) is 86.6 Å². The fraction of sp³-hybridized carbons (Fsp3) is 0.417. The Bertz CT molecular complexity index is 925. The zero-order chi connectivity index (χ0) is 20.7. The molecular weight excluding hydrogens is 366 g/mol. The molecule has 1 aliphatic heterocycles. The molecule has 1 aromatic carbocycles. The van der Waals surface area contributed by atoms with Crippen LogP contribution in [0.4, 0.5) is 0 Å². The number of rotatable bonds is 3. The summed E-state index contributed by atoms with van der Waals surface area (Å²) < 4.78 is 0. The van der Waals surface area contributed by atoms with Crippen molar-refractivity contribution in [3.8, 4) is 5.75 Å². The van der Waals surface area contributed by atoms with E-state index in [-0.39, 0.29) is 40.6 Å². The molecule has 1 aromatic rings. The van der Waals surface area contributed by atoms with Gasteiger partial charge in [-0.3, -0.25) is 9.59 Å². The molecule has 0 bridgehead atoms. The molecule has 152 valence electrons. The number of phenols is 1. The van der Waals surface area contributed by atoms with E-state index in [0.29, 0.717) is 12.3 Å². The van der Waals surface area contributed by atoms with Crippen LogP contribution in [0.2, 0.25) is 0 Å². The molecule has 1 saturated heterocycles. The minimum atomic E-state index is -0.692. The lowest BCUT2D eigenvalue weighted by molar-refractivity contribution is -0.117. The number of hydrogen-bond donors (Lipinski definition) is 3. The SMILES string of the molecule is CC1=CC[C@H]2[C@H](C(O)=C3C(=O)N[C@@H](Cc4ccc(O)cc4)C3=O)[C@H](C)C=C[C@@H]2C1. The summed E-state index contributed by atoms with van der Waals surface area (Å²) in [6.45, 7) is 4.15. The highest BCUT2D eigenvalue weighted by atomic mass is 16.3. The van der Waals surface area contributed by atoms with Gasteiger partial charge in [0.2, 0.25) is 0 Å². The van der Waals surface area contributed by atoms with Gasteiger partial charge in [-0.1, -0.05) is 42.9 Å². The van der Waals surface area contributed by atoms with Crippen molar-refractivity contribution in [2.45, 2.75) is 39.2 Å². The lowest BCUT2D eigenvalue weighted by atomic mass is 9.64. The van der Waals surface area contributed by atoms with E-state index in [1.807, 2.05) is 6.92 Å². The molecule has 5 nitrogen and oxygen atoms in total. The minimum Gasteiger partial charge on any atom is -0.511 e. The second-order valence-electron chi connectivity index (χ2n) is 8.61. The molecule has 2 aliphatic carbocycles. The third kappa shape index (κ3) is 3.61. The number of aliphatic hydroxyl groups is 1. The van der Waals surface area contributed by atoms with E-state index in [9.17, 15) is 19.8 Å². The predicted molar refractivity (Wildman–Crippen MR) is 110 cm³/mol. The number of allylic oxidation sites excluding steroid dienone is 5. The van der Waals surface area contributed by atoms with Gasteiger partial charge in [-0.2, -0.15) is 0 Å². The van der Waals surface area contributed by atoms with Crippen molar-refractivity contribution < 1.29 is 19.8 Å². The number of aromatic hydroxyl groups is 1. The highest BCUT2D eigenvalue weighted by molar-refractivity contribution is 6.27. The van der Waals surface area contributed by atoms with E-state index in [0.717, 1.165) is 18.4 Å². The van der Waals surface area contributed by atoms with Crippen molar-refractivity contribution in [2.75, 3.05) is 0 Å². The monoisotopic (exact) mass is 393 g/mol. The number of ketones is 1. The van der Waals surface area contributed by atoms with Gasteiger partial charge in [0.15, 0.2) is 5.78 Å². The van der Waals surface area contributed by atoms with Gasteiger partial charge in [0.05, 0.1) is 6.04 Å². The Kier molecular flexibility index (Phi) is 5.07. The summed E-state index contributed by atoms with van der Waals surface area (Å²) in [7, 11) is 0. The third-order valence-electron chi connectivity index (χ3n) is 6.58. The third-order valence-corrected chi connectivity index (χ3v) is 6.58. The molecule has 0 radical (unpaired) electrons. The summed E-state index contributed by atoms with van der Waals surface area (Å²) in [6.07, 6.45) is 8.67. The number of amides is 1. The van der Waals surface area contributed by atoms with Gasteiger partial charge in [-0.05, 0) is 55.2 Å². The zero-order valence-electron chi connectivity index (χ0n) is 16.8. The molecule has 3 N–H and O–H groups in total. The van der Waals surface area contributed by atoms with Crippen LogP contribution in [0, 0.1) is 23.7 Å². The Morgan fingerprint density at radius 3 is 2.62 bits per heavy atom. The van der Waals surface area contributed by atoms with E-state index in [4.69, 9.17) is 0 Å². The van der Waals surface area contributed by atoms with Crippen LogP contribution >= 0.6 is 0 Å². The van der Waals surface area contributed by atoms with E-state index in [2.05, 4.69) is 30.5 Å². The van der Waals surface area contributed by atoms with Crippen molar-refractivity contribution in [1.29, 1.82) is 0 Å². The number of Topliss-reactive ketones (excluding diaryl/α,β-unsaturated/α-hetero) is 1. The van der Waals surface area contributed by atoms with Gasteiger partial charge in [-0.25, -0.2) is 0 Å². The molecule has 4 rings (SSSR count). The quantitative estimate of drug-likeness (QED) is 0.317. The molecule has 5 heteroatoms. The van der Waals surface area contributed by atoms with Gasteiger partial charge in [0.1, 0.15) is 17.1 Å². The molecule has 5 atom stereocenters. The fourth-order valence-electron chi connectivity index (χ4n) is 5.02. The largest absolute Gasteiger partial charge is 0.511 e. The molecule has 0 spiro atoms. The number of nitrogens with one attached hydrogen (secondary N) is 1. The summed E-state index contributed by atoms with van der Waals surface area (Å²) in [5.41, 5.74) is 2.11. The standard InChI is InChI=1S/C24H27NO4/c1-13-3-10-18-16(11-13)7-4-14(2)20(18)23(28)21-22(27)19(25-24(21)29)12-15-5-8-17(26)9-6-15/h3-9,14,16,18-20,26,28H,10-12H2,1-2H3,(H,25,29)/t14-,16-,18-,19+,20-/m1/s1. The van der Waals surface area contributed by atoms with Crippen LogP contribution < -0.4 is 5.32 Å². The maximum absolute atomic E-state index is 13.0. The summed E-state index contributed by atoms with van der Waals surface area (Å²) in [4.78, 5) is 25.6. The van der Waals surface area contributed by atoms with Crippen LogP contribution in [0.3, 0.4) is 0 Å². The molecule has 1 heterocycles. The maximum Gasteiger partial charge on any atom is 0.259 e. The van der Waals surface area contributed by atoms with Crippen LogP contribution in [-0.4, -0.2) is 27.9 Å².